The van der Waals surface area contributed by atoms with Crippen LogP contribution in [0.2, 0.25) is 0 Å². The smallest absolute Gasteiger partial charge is 0.255 e. The number of hydrogen-bond acceptors (Lipinski definition) is 6. The number of likely N-dealkylation sites (tertiary alicyclic amines) is 1. The van der Waals surface area contributed by atoms with Crippen LogP contribution in [0.1, 0.15) is 33.6 Å². The first-order valence-electron chi connectivity index (χ1n) is 9.39. The lowest BCUT2D eigenvalue weighted by molar-refractivity contribution is 0.0649. The summed E-state index contributed by atoms with van der Waals surface area (Å²) in [5.74, 6) is 1.70. The summed E-state index contributed by atoms with van der Waals surface area (Å²) >= 11 is 0. The molecule has 2 aliphatic rings. The van der Waals surface area contributed by atoms with Crippen molar-refractivity contribution in [1.82, 2.24) is 9.88 Å². The number of piperidine rings is 1. The summed E-state index contributed by atoms with van der Waals surface area (Å²) in [6.07, 6.45) is 2.80. The summed E-state index contributed by atoms with van der Waals surface area (Å²) in [5, 5.41) is 0. The molecule has 0 bridgehead atoms. The highest BCUT2D eigenvalue weighted by Crippen LogP contribution is 2.32. The lowest BCUT2D eigenvalue weighted by Crippen LogP contribution is -2.40. The Morgan fingerprint density at radius 2 is 1.75 bits per heavy atom. The van der Waals surface area contributed by atoms with E-state index < -0.39 is 0 Å². The van der Waals surface area contributed by atoms with Gasteiger partial charge in [0.2, 0.25) is 5.88 Å². The van der Waals surface area contributed by atoms with Gasteiger partial charge < -0.3 is 19.1 Å². The van der Waals surface area contributed by atoms with Crippen LogP contribution in [-0.2, 0) is 0 Å². The van der Waals surface area contributed by atoms with E-state index in [0.717, 1.165) is 0 Å². The third-order valence-electron chi connectivity index (χ3n) is 5.17. The van der Waals surface area contributed by atoms with Gasteiger partial charge in [-0.05, 0) is 37.1 Å². The van der Waals surface area contributed by atoms with Crippen LogP contribution in [0, 0.1) is 5.92 Å². The molecule has 2 aromatic rings. The first-order chi connectivity index (χ1) is 13.7. The van der Waals surface area contributed by atoms with E-state index in [-0.39, 0.29) is 17.6 Å². The van der Waals surface area contributed by atoms with Crippen LogP contribution >= 0.6 is 0 Å². The van der Waals surface area contributed by atoms with E-state index in [9.17, 15) is 9.59 Å². The number of benzene rings is 1. The molecule has 2 aliphatic heterocycles. The molecule has 0 saturated carbocycles. The molecule has 0 N–H and O–H groups in total. The Morgan fingerprint density at radius 1 is 1.04 bits per heavy atom. The van der Waals surface area contributed by atoms with Crippen molar-refractivity contribution < 1.29 is 23.8 Å². The van der Waals surface area contributed by atoms with Crippen molar-refractivity contribution in [2.24, 2.45) is 5.92 Å². The number of methoxy groups -OCH3 is 1. The van der Waals surface area contributed by atoms with Gasteiger partial charge in [0.15, 0.2) is 17.3 Å². The third-order valence-corrected chi connectivity index (χ3v) is 5.17. The lowest BCUT2D eigenvalue weighted by atomic mass is 9.88. The molecule has 0 atom stereocenters. The fourth-order valence-corrected chi connectivity index (χ4v) is 3.59. The van der Waals surface area contributed by atoms with Crippen molar-refractivity contribution in [3.8, 4) is 17.4 Å². The van der Waals surface area contributed by atoms with Crippen molar-refractivity contribution >= 4 is 11.7 Å². The number of carbonyl (C=O) groups excluding carboxylic acids is 2. The minimum absolute atomic E-state index is 0.0691. The number of ether oxygens (including phenoxy) is 3. The SMILES string of the molecule is COc1ccc(C(=O)N2CCC(C(=O)c3ccc4c(c3)OCCO4)CC2)cn1. The minimum atomic E-state index is -0.0967. The molecule has 1 amide bonds. The number of nitrogens with zero attached hydrogens (tertiary/aromatic N) is 2. The summed E-state index contributed by atoms with van der Waals surface area (Å²) in [7, 11) is 1.54. The van der Waals surface area contributed by atoms with Crippen LogP contribution < -0.4 is 14.2 Å². The standard InChI is InChI=1S/C21H22N2O5/c1-26-19-5-3-16(13-22-19)21(25)23-8-6-14(7-9-23)20(24)15-2-4-17-18(12-15)28-11-10-27-17/h2-5,12-14H,6-11H2,1H3. The van der Waals surface area contributed by atoms with Gasteiger partial charge in [0.05, 0.1) is 12.7 Å². The van der Waals surface area contributed by atoms with Gasteiger partial charge >= 0.3 is 0 Å². The maximum Gasteiger partial charge on any atom is 0.255 e. The summed E-state index contributed by atoms with van der Waals surface area (Å²) in [5.41, 5.74) is 1.16. The molecule has 7 nitrogen and oxygen atoms in total. The molecule has 0 aliphatic carbocycles. The van der Waals surface area contributed by atoms with E-state index in [1.165, 1.54) is 13.3 Å². The van der Waals surface area contributed by atoms with Gasteiger partial charge in [0, 0.05) is 36.8 Å². The summed E-state index contributed by atoms with van der Waals surface area (Å²) in [4.78, 5) is 31.4. The average molecular weight is 382 g/mol. The van der Waals surface area contributed by atoms with E-state index in [4.69, 9.17) is 14.2 Å². The Morgan fingerprint density at radius 3 is 2.43 bits per heavy atom. The number of Topliss-reactive ketones (excluding diaryl/α,β-unsaturated/α-hetero) is 1. The molecule has 1 fully saturated rings. The molecule has 0 radical (unpaired) electrons. The first kappa shape index (κ1) is 18.3. The monoisotopic (exact) mass is 382 g/mol. The Kier molecular flexibility index (Phi) is 5.14. The van der Waals surface area contributed by atoms with Crippen LogP contribution in [0.4, 0.5) is 0 Å². The van der Waals surface area contributed by atoms with Gasteiger partial charge in [0.25, 0.3) is 5.91 Å². The van der Waals surface area contributed by atoms with Gasteiger partial charge in [-0.1, -0.05) is 0 Å². The lowest BCUT2D eigenvalue weighted by Gasteiger charge is -2.31. The highest BCUT2D eigenvalue weighted by atomic mass is 16.6. The van der Waals surface area contributed by atoms with Crippen LogP contribution in [0.3, 0.4) is 0 Å². The van der Waals surface area contributed by atoms with Crippen molar-refractivity contribution in [2.75, 3.05) is 33.4 Å². The summed E-state index contributed by atoms with van der Waals surface area (Å²) < 4.78 is 16.1. The summed E-state index contributed by atoms with van der Waals surface area (Å²) in [6, 6.07) is 8.72. The number of amides is 1. The topological polar surface area (TPSA) is 78.0 Å². The van der Waals surface area contributed by atoms with E-state index in [1.54, 1.807) is 35.2 Å². The maximum absolute atomic E-state index is 12.9. The molecule has 1 aromatic carbocycles. The van der Waals surface area contributed by atoms with E-state index in [0.29, 0.717) is 67.7 Å². The second kappa shape index (κ2) is 7.88. The zero-order chi connectivity index (χ0) is 19.5. The number of fused-ring (bicyclic) bond motifs is 1. The second-order valence-corrected chi connectivity index (χ2v) is 6.88. The molecule has 0 unspecified atom stereocenters. The summed E-state index contributed by atoms with van der Waals surface area (Å²) in [6.45, 7) is 2.11. The van der Waals surface area contributed by atoms with Crippen LogP contribution in [0.25, 0.3) is 0 Å². The number of hydrogen-bond donors (Lipinski definition) is 0. The largest absolute Gasteiger partial charge is 0.486 e. The molecule has 28 heavy (non-hydrogen) atoms. The molecular formula is C21H22N2O5. The Balaban J connectivity index is 1.38. The fraction of sp³-hybridized carbons (Fsp3) is 0.381. The molecule has 7 heteroatoms. The van der Waals surface area contributed by atoms with Crippen LogP contribution in [0.5, 0.6) is 17.4 Å². The third kappa shape index (κ3) is 3.65. The zero-order valence-electron chi connectivity index (χ0n) is 15.7. The number of ketones is 1. The van der Waals surface area contributed by atoms with Gasteiger partial charge in [-0.25, -0.2) is 4.98 Å². The normalized spacial score (nSPS) is 16.5. The quantitative estimate of drug-likeness (QED) is 0.757. The highest BCUT2D eigenvalue weighted by Gasteiger charge is 2.29. The van der Waals surface area contributed by atoms with Crippen LogP contribution in [-0.4, -0.2) is 55.0 Å². The zero-order valence-corrected chi connectivity index (χ0v) is 15.7. The first-order valence-corrected chi connectivity index (χ1v) is 9.39. The number of pyridine rings is 1. The predicted molar refractivity (Wildman–Crippen MR) is 101 cm³/mol. The Labute approximate surface area is 163 Å². The van der Waals surface area contributed by atoms with Gasteiger partial charge in [-0.15, -0.1) is 0 Å². The second-order valence-electron chi connectivity index (χ2n) is 6.88. The number of rotatable bonds is 4. The van der Waals surface area contributed by atoms with Crippen molar-refractivity contribution in [2.45, 2.75) is 12.8 Å². The van der Waals surface area contributed by atoms with E-state index in [1.807, 2.05) is 0 Å². The van der Waals surface area contributed by atoms with Crippen molar-refractivity contribution in [3.05, 3.63) is 47.7 Å². The maximum atomic E-state index is 12.9. The van der Waals surface area contributed by atoms with Crippen molar-refractivity contribution in [3.63, 3.8) is 0 Å². The molecule has 4 rings (SSSR count). The molecule has 1 aromatic heterocycles. The highest BCUT2D eigenvalue weighted by molar-refractivity contribution is 5.99. The van der Waals surface area contributed by atoms with Gasteiger partial charge in [-0.2, -0.15) is 0 Å². The number of aromatic nitrogens is 1. The average Bonchev–Trinajstić information content (AvgIpc) is 2.78. The molecule has 0 spiro atoms. The Bertz CT molecular complexity index is 873. The van der Waals surface area contributed by atoms with E-state index >= 15 is 0 Å². The Hall–Kier alpha value is -3.09. The van der Waals surface area contributed by atoms with Crippen molar-refractivity contribution in [1.29, 1.82) is 0 Å². The molecule has 146 valence electrons. The molecular weight excluding hydrogens is 360 g/mol. The van der Waals surface area contributed by atoms with E-state index in [2.05, 4.69) is 4.98 Å². The van der Waals surface area contributed by atoms with Gasteiger partial charge in [-0.3, -0.25) is 9.59 Å². The molecule has 1 saturated heterocycles. The minimum Gasteiger partial charge on any atom is -0.486 e. The predicted octanol–water partition coefficient (Wildman–Crippen LogP) is 2.60. The van der Waals surface area contributed by atoms with Gasteiger partial charge in [0.1, 0.15) is 13.2 Å². The molecule has 3 heterocycles. The van der Waals surface area contributed by atoms with Crippen LogP contribution in [0.15, 0.2) is 36.5 Å². The fourth-order valence-electron chi connectivity index (χ4n) is 3.59. The number of carbonyl (C=O) groups is 2.